The number of methoxy groups -OCH3 is 2. The Kier molecular flexibility index (Phi) is 4.27. The fourth-order valence-electron chi connectivity index (χ4n) is 2.78. The van der Waals surface area contributed by atoms with Crippen molar-refractivity contribution in [3.8, 4) is 23.0 Å². The van der Waals surface area contributed by atoms with Crippen molar-refractivity contribution in [1.82, 2.24) is 0 Å². The third-order valence-corrected chi connectivity index (χ3v) is 4.17. The maximum Gasteiger partial charge on any atom is 0.199 e. The summed E-state index contributed by atoms with van der Waals surface area (Å²) in [6.07, 6.45) is 1.61. The Morgan fingerprint density at radius 2 is 1.80 bits per heavy atom. The Bertz CT molecular complexity index is 1000. The van der Waals surface area contributed by atoms with Crippen molar-refractivity contribution in [2.24, 2.45) is 0 Å². The number of rotatable bonds is 4. The van der Waals surface area contributed by atoms with E-state index in [1.165, 1.54) is 26.5 Å². The highest BCUT2D eigenvalue weighted by Crippen LogP contribution is 2.34. The van der Waals surface area contributed by atoms with Gasteiger partial charge in [0.1, 0.15) is 22.5 Å². The molecule has 0 spiro atoms. The van der Waals surface area contributed by atoms with Gasteiger partial charge in [-0.25, -0.2) is 0 Å². The van der Waals surface area contributed by atoms with E-state index in [0.29, 0.717) is 22.6 Å². The lowest BCUT2D eigenvalue weighted by molar-refractivity contribution is 0.373. The SMILES string of the molecule is COc1ccc(Cc2coc3cc(OC)c(C)c(O)c3c2=O)cc1O. The number of phenols is 2. The van der Waals surface area contributed by atoms with E-state index in [0.717, 1.165) is 5.56 Å². The molecule has 0 unspecified atom stereocenters. The van der Waals surface area contributed by atoms with Crippen molar-refractivity contribution in [3.63, 3.8) is 0 Å². The minimum absolute atomic E-state index is 0.00592. The van der Waals surface area contributed by atoms with Gasteiger partial charge in [0.25, 0.3) is 0 Å². The summed E-state index contributed by atoms with van der Waals surface area (Å²) >= 11 is 0. The van der Waals surface area contributed by atoms with E-state index in [4.69, 9.17) is 13.9 Å². The molecule has 0 fully saturated rings. The minimum Gasteiger partial charge on any atom is -0.507 e. The summed E-state index contributed by atoms with van der Waals surface area (Å²) < 4.78 is 15.7. The molecule has 0 radical (unpaired) electrons. The van der Waals surface area contributed by atoms with Gasteiger partial charge in [-0.1, -0.05) is 6.07 Å². The summed E-state index contributed by atoms with van der Waals surface area (Å²) in [4.78, 5) is 12.8. The normalized spacial score (nSPS) is 10.8. The second kappa shape index (κ2) is 6.39. The monoisotopic (exact) mass is 342 g/mol. The Hall–Kier alpha value is -3.15. The summed E-state index contributed by atoms with van der Waals surface area (Å²) in [7, 11) is 2.95. The molecule has 3 aromatic rings. The first kappa shape index (κ1) is 16.7. The maximum atomic E-state index is 12.8. The van der Waals surface area contributed by atoms with Gasteiger partial charge < -0.3 is 24.1 Å². The summed E-state index contributed by atoms with van der Waals surface area (Å²) in [5.41, 5.74) is 1.50. The van der Waals surface area contributed by atoms with Crippen LogP contribution in [0.5, 0.6) is 23.0 Å². The summed E-state index contributed by atoms with van der Waals surface area (Å²) in [6.45, 7) is 1.67. The summed E-state index contributed by atoms with van der Waals surface area (Å²) in [5, 5.41) is 20.3. The van der Waals surface area contributed by atoms with Crippen LogP contribution in [0.25, 0.3) is 11.0 Å². The average molecular weight is 342 g/mol. The minimum atomic E-state index is -0.320. The van der Waals surface area contributed by atoms with E-state index in [1.807, 2.05) is 0 Å². The molecule has 0 aliphatic carbocycles. The van der Waals surface area contributed by atoms with Gasteiger partial charge in [0.05, 0.1) is 20.5 Å². The zero-order valence-corrected chi connectivity index (χ0v) is 14.1. The second-order valence-electron chi connectivity index (χ2n) is 5.70. The summed E-state index contributed by atoms with van der Waals surface area (Å²) in [5.74, 6) is 0.645. The zero-order chi connectivity index (χ0) is 18.1. The van der Waals surface area contributed by atoms with Crippen LogP contribution in [-0.4, -0.2) is 24.4 Å². The van der Waals surface area contributed by atoms with Gasteiger partial charge in [0.2, 0.25) is 0 Å². The van der Waals surface area contributed by atoms with Crippen LogP contribution in [0, 0.1) is 6.92 Å². The van der Waals surface area contributed by atoms with Crippen LogP contribution in [0.3, 0.4) is 0 Å². The maximum absolute atomic E-state index is 12.8. The lowest BCUT2D eigenvalue weighted by Gasteiger charge is -2.10. The van der Waals surface area contributed by atoms with Crippen molar-refractivity contribution in [2.75, 3.05) is 14.2 Å². The van der Waals surface area contributed by atoms with Gasteiger partial charge in [-0.15, -0.1) is 0 Å². The van der Waals surface area contributed by atoms with E-state index >= 15 is 0 Å². The first-order chi connectivity index (χ1) is 12.0. The molecule has 0 atom stereocenters. The molecule has 2 N–H and O–H groups in total. The van der Waals surface area contributed by atoms with E-state index < -0.39 is 0 Å². The van der Waals surface area contributed by atoms with Gasteiger partial charge in [-0.05, 0) is 24.6 Å². The number of aromatic hydroxyl groups is 2. The number of ether oxygens (including phenoxy) is 2. The molecule has 130 valence electrons. The van der Waals surface area contributed by atoms with Crippen LogP contribution in [0.2, 0.25) is 0 Å². The van der Waals surface area contributed by atoms with Crippen LogP contribution in [0.15, 0.2) is 39.7 Å². The summed E-state index contributed by atoms with van der Waals surface area (Å²) in [6, 6.07) is 6.48. The van der Waals surface area contributed by atoms with Gasteiger partial charge in [0.15, 0.2) is 16.9 Å². The number of phenolic OH excluding ortho intramolecular Hbond substituents is 2. The first-order valence-electron chi connectivity index (χ1n) is 7.63. The van der Waals surface area contributed by atoms with Gasteiger partial charge in [-0.3, -0.25) is 4.79 Å². The lowest BCUT2D eigenvalue weighted by atomic mass is 10.0. The number of hydrogen-bond acceptors (Lipinski definition) is 6. The Balaban J connectivity index is 2.09. The van der Waals surface area contributed by atoms with Gasteiger partial charge in [0, 0.05) is 23.6 Å². The molecule has 6 nitrogen and oxygen atoms in total. The highest BCUT2D eigenvalue weighted by Gasteiger charge is 2.17. The molecule has 1 heterocycles. The molecule has 2 aromatic carbocycles. The first-order valence-corrected chi connectivity index (χ1v) is 7.63. The second-order valence-corrected chi connectivity index (χ2v) is 5.70. The molecule has 0 saturated carbocycles. The van der Waals surface area contributed by atoms with Crippen LogP contribution in [0.4, 0.5) is 0 Å². The van der Waals surface area contributed by atoms with Crippen molar-refractivity contribution < 1.29 is 24.1 Å². The molecule has 0 aliphatic rings. The molecule has 0 bridgehead atoms. The number of hydrogen-bond donors (Lipinski definition) is 2. The van der Waals surface area contributed by atoms with E-state index in [9.17, 15) is 15.0 Å². The van der Waals surface area contributed by atoms with Crippen LogP contribution >= 0.6 is 0 Å². The lowest BCUT2D eigenvalue weighted by Crippen LogP contribution is -2.10. The Morgan fingerprint density at radius 1 is 1.08 bits per heavy atom. The van der Waals surface area contributed by atoms with E-state index in [-0.39, 0.29) is 34.3 Å². The molecular formula is C19H18O6. The predicted octanol–water partition coefficient (Wildman–Crippen LogP) is 3.12. The van der Waals surface area contributed by atoms with Gasteiger partial charge in [-0.2, -0.15) is 0 Å². The predicted molar refractivity (Wildman–Crippen MR) is 92.9 cm³/mol. The van der Waals surface area contributed by atoms with E-state index in [1.54, 1.807) is 25.1 Å². The third-order valence-electron chi connectivity index (χ3n) is 4.17. The molecule has 0 amide bonds. The largest absolute Gasteiger partial charge is 0.507 e. The average Bonchev–Trinajstić information content (AvgIpc) is 2.60. The van der Waals surface area contributed by atoms with Gasteiger partial charge >= 0.3 is 0 Å². The molecular weight excluding hydrogens is 324 g/mol. The molecule has 3 rings (SSSR count). The number of fused-ring (bicyclic) bond motifs is 1. The highest BCUT2D eigenvalue weighted by atomic mass is 16.5. The standard InChI is InChI=1S/C19H18O6/c1-10-15(24-3)8-16-17(18(10)21)19(22)12(9-25-16)6-11-4-5-14(23-2)13(20)7-11/h4-5,7-9,20-21H,6H2,1-3H3. The zero-order valence-electron chi connectivity index (χ0n) is 14.1. The smallest absolute Gasteiger partial charge is 0.199 e. The van der Waals surface area contributed by atoms with Crippen LogP contribution < -0.4 is 14.9 Å². The molecule has 6 heteroatoms. The highest BCUT2D eigenvalue weighted by molar-refractivity contribution is 5.87. The van der Waals surface area contributed by atoms with Crippen LogP contribution in [0.1, 0.15) is 16.7 Å². The third kappa shape index (κ3) is 2.87. The van der Waals surface area contributed by atoms with Crippen molar-refractivity contribution in [2.45, 2.75) is 13.3 Å². The Labute approximate surface area is 143 Å². The van der Waals surface area contributed by atoms with Crippen LogP contribution in [-0.2, 0) is 6.42 Å². The fraction of sp³-hybridized carbons (Fsp3) is 0.211. The molecule has 0 aliphatic heterocycles. The topological polar surface area (TPSA) is 89.1 Å². The molecule has 25 heavy (non-hydrogen) atoms. The van der Waals surface area contributed by atoms with E-state index in [2.05, 4.69) is 0 Å². The Morgan fingerprint density at radius 3 is 2.44 bits per heavy atom. The molecule has 1 aromatic heterocycles. The quantitative estimate of drug-likeness (QED) is 0.757. The fourth-order valence-corrected chi connectivity index (χ4v) is 2.78. The number of benzene rings is 2. The van der Waals surface area contributed by atoms with Crippen molar-refractivity contribution >= 4 is 11.0 Å². The van der Waals surface area contributed by atoms with Crippen molar-refractivity contribution in [3.05, 3.63) is 57.4 Å². The molecule has 0 saturated heterocycles. The van der Waals surface area contributed by atoms with Crippen molar-refractivity contribution in [1.29, 1.82) is 0 Å².